The van der Waals surface area contributed by atoms with Gasteiger partial charge in [0.1, 0.15) is 0 Å². The van der Waals surface area contributed by atoms with Crippen molar-refractivity contribution in [1.29, 1.82) is 0 Å². The lowest BCUT2D eigenvalue weighted by Crippen LogP contribution is -2.42. The number of amides is 5. The molecule has 0 saturated heterocycles. The zero-order valence-electron chi connectivity index (χ0n) is 38.0. The Morgan fingerprint density at radius 3 is 1.08 bits per heavy atom. The van der Waals surface area contributed by atoms with Gasteiger partial charge in [0.2, 0.25) is 29.5 Å². The molecule has 60 heavy (non-hydrogen) atoms. The van der Waals surface area contributed by atoms with Crippen LogP contribution >= 0.6 is 0 Å². The molecule has 2 atom stereocenters. The van der Waals surface area contributed by atoms with E-state index in [9.17, 15) is 24.0 Å². The Hall–Kier alpha value is -3.59. The molecule has 0 unspecified atom stereocenters. The Morgan fingerprint density at radius 2 is 0.767 bits per heavy atom. The van der Waals surface area contributed by atoms with Crippen molar-refractivity contribution in [3.63, 3.8) is 0 Å². The minimum atomic E-state index is -0.571. The zero-order valence-corrected chi connectivity index (χ0v) is 38.0. The third-order valence-corrected chi connectivity index (χ3v) is 10.2. The Morgan fingerprint density at radius 1 is 0.450 bits per heavy atom. The molecule has 0 aromatic rings. The summed E-state index contributed by atoms with van der Waals surface area (Å²) in [5.41, 5.74) is 23.2. The van der Waals surface area contributed by atoms with Crippen LogP contribution in [0.2, 0.25) is 0 Å². The number of carbonyl (C=O) groups excluding carboxylic acids is 5. The van der Waals surface area contributed by atoms with Crippen molar-refractivity contribution in [2.24, 2.45) is 22.9 Å². The molecule has 0 aliphatic heterocycles. The molecule has 0 aliphatic carbocycles. The fourth-order valence-electron chi connectivity index (χ4n) is 6.59. The van der Waals surface area contributed by atoms with E-state index in [1.54, 1.807) is 0 Å². The van der Waals surface area contributed by atoms with Crippen molar-refractivity contribution in [3.8, 4) is 0 Å². The molecule has 5 amide bonds. The molecule has 346 valence electrons. The zero-order chi connectivity index (χ0) is 44.6. The standard InChI is InChI=1S/C46H87N9O5/c1-4-7-10-13-27-42(56)53(36-22-32-51-45(59)40(49)25-16-18-30-47)34-20-21-35-54(43(57)28-14-11-8-5-2)38-24-39-55(44(58)29-15-12-9-6-3)37-23-33-52-46(60)41(50)26-17-19-31-48/h7-12,40-41H,4-6,13-39,47-50H2,1-3H3,(H,51,59)(H,52,60)/t40-,41-/m1/s1. The molecule has 0 aromatic carbocycles. The van der Waals surface area contributed by atoms with Gasteiger partial charge in [-0.3, -0.25) is 24.0 Å². The van der Waals surface area contributed by atoms with Crippen molar-refractivity contribution in [2.45, 2.75) is 161 Å². The van der Waals surface area contributed by atoms with Crippen molar-refractivity contribution in [2.75, 3.05) is 65.4 Å². The van der Waals surface area contributed by atoms with Crippen LogP contribution in [0.3, 0.4) is 0 Å². The van der Waals surface area contributed by atoms with E-state index in [0.717, 1.165) is 57.8 Å². The molecule has 10 N–H and O–H groups in total. The summed E-state index contributed by atoms with van der Waals surface area (Å²) >= 11 is 0. The van der Waals surface area contributed by atoms with Crippen LogP contribution in [0.5, 0.6) is 0 Å². The average Bonchev–Trinajstić information content (AvgIpc) is 3.24. The van der Waals surface area contributed by atoms with Gasteiger partial charge in [-0.1, -0.05) is 70.1 Å². The summed E-state index contributed by atoms with van der Waals surface area (Å²) in [5, 5.41) is 5.83. The number of hydrogen-bond donors (Lipinski definition) is 6. The maximum atomic E-state index is 13.5. The maximum Gasteiger partial charge on any atom is 0.236 e. The molecule has 0 bridgehead atoms. The molecule has 0 saturated carbocycles. The van der Waals surface area contributed by atoms with E-state index in [1.165, 1.54) is 0 Å². The predicted molar refractivity (Wildman–Crippen MR) is 247 cm³/mol. The maximum absolute atomic E-state index is 13.5. The molecule has 0 spiro atoms. The summed E-state index contributed by atoms with van der Waals surface area (Å²) in [6.07, 6.45) is 26.1. The lowest BCUT2D eigenvalue weighted by Gasteiger charge is -2.27. The molecule has 0 heterocycles. The highest BCUT2D eigenvalue weighted by atomic mass is 16.2. The van der Waals surface area contributed by atoms with E-state index >= 15 is 0 Å². The number of carbonyl (C=O) groups is 5. The fourth-order valence-corrected chi connectivity index (χ4v) is 6.59. The number of nitrogens with one attached hydrogen (secondary N) is 2. The monoisotopic (exact) mass is 846 g/mol. The predicted octanol–water partition coefficient (Wildman–Crippen LogP) is 4.81. The lowest BCUT2D eigenvalue weighted by molar-refractivity contribution is -0.133. The smallest absolute Gasteiger partial charge is 0.236 e. The molecular weight excluding hydrogens is 759 g/mol. The first-order valence-electron chi connectivity index (χ1n) is 23.3. The van der Waals surface area contributed by atoms with Gasteiger partial charge < -0.3 is 48.3 Å². The Balaban J connectivity index is 5.51. The summed E-state index contributed by atoms with van der Waals surface area (Å²) in [6.45, 7) is 11.4. The van der Waals surface area contributed by atoms with E-state index in [-0.39, 0.29) is 29.5 Å². The second-order valence-corrected chi connectivity index (χ2v) is 15.5. The molecule has 0 aliphatic rings. The van der Waals surface area contributed by atoms with Crippen molar-refractivity contribution >= 4 is 29.5 Å². The highest BCUT2D eigenvalue weighted by Crippen LogP contribution is 2.10. The first-order chi connectivity index (χ1) is 29.1. The first-order valence-corrected chi connectivity index (χ1v) is 23.3. The van der Waals surface area contributed by atoms with Crippen LogP contribution in [0.1, 0.15) is 149 Å². The summed E-state index contributed by atoms with van der Waals surface area (Å²) in [6, 6.07) is -1.14. The Bertz CT molecular complexity index is 1230. The SMILES string of the molecule is CCC=CCCC(=O)N(CCCCN(CCCN(CCCNC(=O)[C@H](N)CCCCN)C(=O)CCC=CCC)C(=O)CCC=CCC)CCCNC(=O)[C@H](N)CCCCN. The van der Waals surface area contributed by atoms with E-state index in [4.69, 9.17) is 22.9 Å². The summed E-state index contributed by atoms with van der Waals surface area (Å²) < 4.78 is 0. The van der Waals surface area contributed by atoms with Gasteiger partial charge in [-0.25, -0.2) is 0 Å². The fraction of sp³-hybridized carbons (Fsp3) is 0.761. The minimum absolute atomic E-state index is 0.0583. The van der Waals surface area contributed by atoms with E-state index < -0.39 is 12.1 Å². The molecule has 0 rings (SSSR count). The molecule has 14 heteroatoms. The molecule has 14 nitrogen and oxygen atoms in total. The van der Waals surface area contributed by atoms with Gasteiger partial charge >= 0.3 is 0 Å². The van der Waals surface area contributed by atoms with Crippen LogP contribution < -0.4 is 33.6 Å². The van der Waals surface area contributed by atoms with Crippen LogP contribution in [-0.4, -0.2) is 122 Å². The topological polar surface area (TPSA) is 223 Å². The molecule has 0 aromatic heterocycles. The largest absolute Gasteiger partial charge is 0.355 e. The van der Waals surface area contributed by atoms with Crippen LogP contribution in [-0.2, 0) is 24.0 Å². The number of unbranched alkanes of at least 4 members (excludes halogenated alkanes) is 3. The van der Waals surface area contributed by atoms with E-state index in [2.05, 4.69) is 49.6 Å². The lowest BCUT2D eigenvalue weighted by atomic mass is 10.1. The van der Waals surface area contributed by atoms with Gasteiger partial charge in [-0.15, -0.1) is 0 Å². The van der Waals surface area contributed by atoms with Gasteiger partial charge in [0.25, 0.3) is 0 Å². The van der Waals surface area contributed by atoms with Crippen LogP contribution in [0.15, 0.2) is 36.5 Å². The third kappa shape index (κ3) is 30.4. The minimum Gasteiger partial charge on any atom is -0.355 e. The Labute approximate surface area is 364 Å². The van der Waals surface area contributed by atoms with Gasteiger partial charge in [0.15, 0.2) is 0 Å². The van der Waals surface area contributed by atoms with Crippen molar-refractivity contribution < 1.29 is 24.0 Å². The number of allylic oxidation sites excluding steroid dienone is 6. The summed E-state index contributed by atoms with van der Waals surface area (Å²) in [7, 11) is 0. The van der Waals surface area contributed by atoms with Gasteiger partial charge in [0.05, 0.1) is 12.1 Å². The summed E-state index contributed by atoms with van der Waals surface area (Å²) in [4.78, 5) is 70.8. The number of nitrogens with zero attached hydrogens (tertiary/aromatic N) is 3. The van der Waals surface area contributed by atoms with Crippen LogP contribution in [0.4, 0.5) is 0 Å². The number of rotatable bonds is 39. The second kappa shape index (κ2) is 39.5. The van der Waals surface area contributed by atoms with E-state index in [1.807, 2.05) is 32.9 Å². The van der Waals surface area contributed by atoms with Crippen molar-refractivity contribution in [1.82, 2.24) is 25.3 Å². The third-order valence-electron chi connectivity index (χ3n) is 10.2. The number of nitrogens with two attached hydrogens (primary N) is 4. The van der Waals surface area contributed by atoms with Crippen LogP contribution in [0, 0.1) is 0 Å². The Kier molecular flexibility index (Phi) is 37.2. The highest BCUT2D eigenvalue weighted by Gasteiger charge is 2.19. The molecular formula is C46H87N9O5. The van der Waals surface area contributed by atoms with E-state index in [0.29, 0.717) is 136 Å². The molecule has 0 fully saturated rings. The normalized spacial score (nSPS) is 12.6. The highest BCUT2D eigenvalue weighted by molar-refractivity contribution is 5.82. The van der Waals surface area contributed by atoms with Gasteiger partial charge in [-0.05, 0) is 109 Å². The molecule has 0 radical (unpaired) electrons. The quantitative estimate of drug-likeness (QED) is 0.0369. The second-order valence-electron chi connectivity index (χ2n) is 15.5. The van der Waals surface area contributed by atoms with Gasteiger partial charge in [-0.2, -0.15) is 0 Å². The summed E-state index contributed by atoms with van der Waals surface area (Å²) in [5.74, 6) is -0.149. The van der Waals surface area contributed by atoms with Crippen LogP contribution in [0.25, 0.3) is 0 Å². The first kappa shape index (κ1) is 56.4. The van der Waals surface area contributed by atoms with Gasteiger partial charge in [0, 0.05) is 71.6 Å². The number of hydrogen-bond acceptors (Lipinski definition) is 9. The van der Waals surface area contributed by atoms with Crippen molar-refractivity contribution in [3.05, 3.63) is 36.5 Å². The average molecular weight is 846 g/mol.